The number of benzene rings is 2. The monoisotopic (exact) mass is 944 g/mol. The highest BCUT2D eigenvalue weighted by atomic mass is 32.2. The molecule has 2 aromatic carbocycles. The standard InChI is InChI=1S/C52H73N5O9S/c1-4-5-6-7-8-9-10-11-12-13-14-15-16-17-18-19-20-21-25-28-50(58)54-33-34-55-51(59)65-47(37-57(36-41(2)3)67(61,62)44-31-29-43(53)30-32-44)46(35-42-26-23-22-24-27-42)56-52(60)66-49-40-64-48-39-63-38-45(48)49/h5-6,8-9,11-12,14-15,17-18,20-24,26-27,29-32,41,45-49H,4,7,10,13,16,19,25,28,33-40,53H2,1-3H3,(H,54,58)(H,55,59)(H,56,60)/t45-,46+,47-,48+,49+/m1/s1. The van der Waals surface area contributed by atoms with Crippen LogP contribution in [0.4, 0.5) is 15.3 Å². The number of nitrogens with one attached hydrogen (secondary N) is 3. The first-order chi connectivity index (χ1) is 32.5. The normalized spacial score (nSPS) is 18.6. The number of amides is 3. The van der Waals surface area contributed by atoms with Crippen molar-refractivity contribution in [1.82, 2.24) is 20.3 Å². The lowest BCUT2D eigenvalue weighted by Crippen LogP contribution is -2.54. The fraction of sp³-hybridized carbons (Fsp3) is 0.481. The topological polar surface area (TPSA) is 188 Å². The summed E-state index contributed by atoms with van der Waals surface area (Å²) >= 11 is 0. The van der Waals surface area contributed by atoms with Gasteiger partial charge >= 0.3 is 12.2 Å². The third-order valence-electron chi connectivity index (χ3n) is 10.9. The number of allylic oxidation sites excluding steroid dienone is 12. The molecule has 0 unspecified atom stereocenters. The van der Waals surface area contributed by atoms with Gasteiger partial charge in [-0.1, -0.05) is 124 Å². The Labute approximate surface area is 398 Å². The smallest absolute Gasteiger partial charge is 0.407 e. The van der Waals surface area contributed by atoms with E-state index in [2.05, 4.69) is 83.6 Å². The zero-order valence-corrected chi connectivity index (χ0v) is 40.3. The molecular formula is C52H73N5O9S. The molecule has 0 radical (unpaired) electrons. The van der Waals surface area contributed by atoms with Gasteiger partial charge in [0.25, 0.3) is 0 Å². The van der Waals surface area contributed by atoms with Crippen LogP contribution in [0.15, 0.2) is 132 Å². The van der Waals surface area contributed by atoms with E-state index in [9.17, 15) is 22.8 Å². The van der Waals surface area contributed by atoms with Crippen molar-refractivity contribution in [2.75, 3.05) is 51.7 Å². The summed E-state index contributed by atoms with van der Waals surface area (Å²) in [5.74, 6) is -0.395. The van der Waals surface area contributed by atoms with Gasteiger partial charge in [-0.15, -0.1) is 0 Å². The van der Waals surface area contributed by atoms with E-state index in [1.165, 1.54) is 28.6 Å². The van der Waals surface area contributed by atoms with Gasteiger partial charge in [-0.25, -0.2) is 18.0 Å². The Kier molecular flexibility index (Phi) is 24.8. The number of nitrogen functional groups attached to an aromatic ring is 1. The van der Waals surface area contributed by atoms with Crippen molar-refractivity contribution in [2.24, 2.45) is 11.8 Å². The Morgan fingerprint density at radius 2 is 1.36 bits per heavy atom. The number of fused-ring (bicyclic) bond motifs is 1. The van der Waals surface area contributed by atoms with Crippen LogP contribution in [0.25, 0.3) is 0 Å². The summed E-state index contributed by atoms with van der Waals surface area (Å²) < 4.78 is 52.8. The summed E-state index contributed by atoms with van der Waals surface area (Å²) in [6.07, 6.45) is 28.7. The van der Waals surface area contributed by atoms with E-state index in [1.54, 1.807) is 0 Å². The number of anilines is 1. The molecule has 4 rings (SSSR count). The Hall–Kier alpha value is -5.48. The minimum atomic E-state index is -4.13. The molecule has 67 heavy (non-hydrogen) atoms. The minimum absolute atomic E-state index is 0.0173. The lowest BCUT2D eigenvalue weighted by Gasteiger charge is -2.33. The van der Waals surface area contributed by atoms with Gasteiger partial charge in [0.2, 0.25) is 15.9 Å². The molecule has 0 aliphatic carbocycles. The second-order valence-electron chi connectivity index (χ2n) is 16.9. The molecule has 0 aromatic heterocycles. The summed E-state index contributed by atoms with van der Waals surface area (Å²) in [5, 5.41) is 8.39. The molecule has 2 fully saturated rings. The van der Waals surface area contributed by atoms with Crippen molar-refractivity contribution in [3.8, 4) is 0 Å². The van der Waals surface area contributed by atoms with Crippen LogP contribution in [-0.2, 0) is 40.2 Å². The third kappa shape index (κ3) is 20.9. The first kappa shape index (κ1) is 54.1. The van der Waals surface area contributed by atoms with Crippen LogP contribution >= 0.6 is 0 Å². The number of hydrogen-bond donors (Lipinski definition) is 4. The first-order valence-corrected chi connectivity index (χ1v) is 25.1. The maximum Gasteiger partial charge on any atom is 0.407 e. The van der Waals surface area contributed by atoms with Crippen molar-refractivity contribution < 1.29 is 41.7 Å². The molecule has 2 heterocycles. The predicted octanol–water partition coefficient (Wildman–Crippen LogP) is 8.36. The van der Waals surface area contributed by atoms with E-state index in [4.69, 9.17) is 24.7 Å². The SMILES string of the molecule is CCC=CCC=CCC=CCC=CCC=CCC=CCCC(=O)NCCNC(=O)O[C@H](CN(CC(C)C)S(=O)(=O)c1ccc(N)cc1)[C@H](Cc1ccccc1)NC(=O)O[C@H]1CO[C@H]2COC[C@H]21. The number of nitrogens with zero attached hydrogens (tertiary/aromatic N) is 1. The van der Waals surface area contributed by atoms with Gasteiger partial charge in [-0.3, -0.25) is 4.79 Å². The fourth-order valence-electron chi connectivity index (χ4n) is 7.40. The molecule has 366 valence electrons. The molecule has 2 aliphatic heterocycles. The maximum atomic E-state index is 14.2. The van der Waals surface area contributed by atoms with E-state index in [0.717, 1.165) is 44.1 Å². The maximum absolute atomic E-state index is 14.2. The fourth-order valence-corrected chi connectivity index (χ4v) is 9.02. The molecule has 5 atom stereocenters. The molecule has 0 bridgehead atoms. The van der Waals surface area contributed by atoms with Gasteiger partial charge in [0.05, 0.1) is 49.3 Å². The van der Waals surface area contributed by atoms with E-state index in [0.29, 0.717) is 25.3 Å². The van der Waals surface area contributed by atoms with Gasteiger partial charge in [-0.2, -0.15) is 4.31 Å². The number of sulfonamides is 1. The van der Waals surface area contributed by atoms with Gasteiger partial charge in [0, 0.05) is 31.7 Å². The Morgan fingerprint density at radius 3 is 1.97 bits per heavy atom. The quantitative estimate of drug-likeness (QED) is 0.0351. The number of rotatable bonds is 29. The predicted molar refractivity (Wildman–Crippen MR) is 265 cm³/mol. The van der Waals surface area contributed by atoms with Crippen LogP contribution in [0.3, 0.4) is 0 Å². The molecule has 0 spiro atoms. The second-order valence-corrected chi connectivity index (χ2v) is 18.9. The van der Waals surface area contributed by atoms with E-state index >= 15 is 0 Å². The molecule has 2 saturated heterocycles. The zero-order chi connectivity index (χ0) is 48.1. The number of nitrogens with two attached hydrogens (primary N) is 1. The van der Waals surface area contributed by atoms with Crippen molar-refractivity contribution in [2.45, 2.75) is 108 Å². The first-order valence-electron chi connectivity index (χ1n) is 23.6. The number of alkyl carbamates (subject to hydrolysis) is 2. The van der Waals surface area contributed by atoms with Gasteiger partial charge in [0.15, 0.2) is 0 Å². The minimum Gasteiger partial charge on any atom is -0.443 e. The Balaban J connectivity index is 1.30. The largest absolute Gasteiger partial charge is 0.443 e. The number of carbonyl (C=O) groups excluding carboxylic acids is 3. The highest BCUT2D eigenvalue weighted by molar-refractivity contribution is 7.89. The van der Waals surface area contributed by atoms with Gasteiger partial charge in [-0.05, 0) is 87.1 Å². The molecular weight excluding hydrogens is 871 g/mol. The Bertz CT molecular complexity index is 2070. The van der Waals surface area contributed by atoms with Gasteiger partial charge in [0.1, 0.15) is 12.2 Å². The summed E-state index contributed by atoms with van der Waals surface area (Å²) in [4.78, 5) is 39.8. The summed E-state index contributed by atoms with van der Waals surface area (Å²) in [5.41, 5.74) is 7.09. The van der Waals surface area contributed by atoms with E-state index < -0.39 is 40.5 Å². The molecule has 15 heteroatoms. The second kappa shape index (κ2) is 30.7. The van der Waals surface area contributed by atoms with Crippen LogP contribution in [-0.4, -0.2) is 101 Å². The lowest BCUT2D eigenvalue weighted by molar-refractivity contribution is -0.121. The zero-order valence-electron chi connectivity index (χ0n) is 39.5. The van der Waals surface area contributed by atoms with Crippen molar-refractivity contribution in [3.63, 3.8) is 0 Å². The van der Waals surface area contributed by atoms with Gasteiger partial charge < -0.3 is 40.6 Å². The Morgan fingerprint density at radius 1 is 0.761 bits per heavy atom. The van der Waals surface area contributed by atoms with Crippen molar-refractivity contribution in [3.05, 3.63) is 133 Å². The molecule has 3 amide bonds. The molecule has 5 N–H and O–H groups in total. The summed E-state index contributed by atoms with van der Waals surface area (Å²) in [6, 6.07) is 14.2. The van der Waals surface area contributed by atoms with Crippen LogP contribution in [0.2, 0.25) is 0 Å². The van der Waals surface area contributed by atoms with Crippen molar-refractivity contribution in [1.29, 1.82) is 0 Å². The average molecular weight is 944 g/mol. The van der Waals surface area contributed by atoms with E-state index in [-0.39, 0.29) is 74.4 Å². The highest BCUT2D eigenvalue weighted by Gasteiger charge is 2.44. The van der Waals surface area contributed by atoms with Crippen LogP contribution in [0.1, 0.15) is 77.7 Å². The van der Waals surface area contributed by atoms with Crippen molar-refractivity contribution >= 4 is 33.8 Å². The highest BCUT2D eigenvalue weighted by Crippen LogP contribution is 2.30. The molecule has 2 aliphatic rings. The van der Waals surface area contributed by atoms with Crippen LogP contribution < -0.4 is 21.7 Å². The van der Waals surface area contributed by atoms with E-state index in [1.807, 2.05) is 56.3 Å². The molecule has 2 aromatic rings. The number of carbonyl (C=O) groups is 3. The summed E-state index contributed by atoms with van der Waals surface area (Å²) in [7, 11) is -4.13. The third-order valence-corrected chi connectivity index (χ3v) is 12.8. The lowest BCUT2D eigenvalue weighted by atomic mass is 10.0. The molecule has 14 nitrogen and oxygen atoms in total. The van der Waals surface area contributed by atoms with Crippen LogP contribution in [0, 0.1) is 11.8 Å². The average Bonchev–Trinajstić information content (AvgIpc) is 3.93. The number of hydrogen-bond acceptors (Lipinski definition) is 10. The summed E-state index contributed by atoms with van der Waals surface area (Å²) in [6.45, 7) is 6.92. The van der Waals surface area contributed by atoms with Crippen LogP contribution in [0.5, 0.6) is 0 Å². The molecule has 0 saturated carbocycles. The number of ether oxygens (including phenoxy) is 4.